The van der Waals surface area contributed by atoms with E-state index in [0.29, 0.717) is 19.5 Å². The van der Waals surface area contributed by atoms with Crippen molar-refractivity contribution in [3.8, 4) is 5.75 Å². The number of rotatable bonds is 5. The highest BCUT2D eigenvalue weighted by Crippen LogP contribution is 2.31. The third kappa shape index (κ3) is 4.94. The van der Waals surface area contributed by atoms with Gasteiger partial charge in [0.05, 0.1) is 30.6 Å². The second kappa shape index (κ2) is 8.77. The second-order valence-electron chi connectivity index (χ2n) is 9.46. The molecule has 3 rings (SSSR count). The third-order valence-corrected chi connectivity index (χ3v) is 5.70. The van der Waals surface area contributed by atoms with Crippen LogP contribution in [0.25, 0.3) is 11.0 Å². The van der Waals surface area contributed by atoms with Crippen molar-refractivity contribution in [2.45, 2.75) is 59.2 Å². The highest BCUT2D eigenvalue weighted by molar-refractivity contribution is 5.82. The van der Waals surface area contributed by atoms with Gasteiger partial charge in [-0.3, -0.25) is 4.79 Å². The van der Waals surface area contributed by atoms with Gasteiger partial charge in [0.1, 0.15) is 17.2 Å². The van der Waals surface area contributed by atoms with Crippen molar-refractivity contribution in [3.63, 3.8) is 0 Å². The van der Waals surface area contributed by atoms with Crippen LogP contribution in [0.15, 0.2) is 18.2 Å². The fraction of sp³-hybridized carbons (Fsp3) is 0.609. The Labute approximate surface area is 183 Å². The van der Waals surface area contributed by atoms with Gasteiger partial charge >= 0.3 is 6.09 Å². The van der Waals surface area contributed by atoms with Gasteiger partial charge < -0.3 is 24.3 Å². The number of methoxy groups -OCH3 is 1. The lowest BCUT2D eigenvalue weighted by atomic mass is 9.90. The number of amides is 2. The molecule has 0 saturated carbocycles. The summed E-state index contributed by atoms with van der Waals surface area (Å²) in [4.78, 5) is 32.1. The second-order valence-corrected chi connectivity index (χ2v) is 9.46. The zero-order valence-corrected chi connectivity index (χ0v) is 19.6. The summed E-state index contributed by atoms with van der Waals surface area (Å²) in [5.41, 5.74) is 1.23. The number of aromatic nitrogens is 2. The zero-order valence-electron chi connectivity index (χ0n) is 19.6. The summed E-state index contributed by atoms with van der Waals surface area (Å²) in [7, 11) is 3.55. The van der Waals surface area contributed by atoms with Crippen LogP contribution in [0.5, 0.6) is 5.75 Å². The van der Waals surface area contributed by atoms with Gasteiger partial charge in [0, 0.05) is 25.7 Å². The normalized spacial score (nSPS) is 19.2. The maximum atomic E-state index is 13.1. The molecule has 0 unspecified atom stereocenters. The van der Waals surface area contributed by atoms with E-state index in [9.17, 15) is 9.59 Å². The molecule has 1 aliphatic rings. The Bertz CT molecular complexity index is 960. The third-order valence-electron chi connectivity index (χ3n) is 5.70. The Morgan fingerprint density at radius 2 is 2.00 bits per heavy atom. The lowest BCUT2D eigenvalue weighted by Crippen LogP contribution is -2.47. The SMILES string of the molecule is COc1ccc2c(c1)nc(CNC(=O)[C@@H]1CCN(C(=O)OC(C)(C)C)[C@@H]1C(C)C)n2C. The van der Waals surface area contributed by atoms with Gasteiger partial charge in [-0.25, -0.2) is 9.78 Å². The van der Waals surface area contributed by atoms with E-state index in [2.05, 4.69) is 10.3 Å². The number of carbonyl (C=O) groups excluding carboxylic acids is 2. The number of fused-ring (bicyclic) bond motifs is 1. The van der Waals surface area contributed by atoms with Crippen LogP contribution in [-0.4, -0.2) is 51.7 Å². The summed E-state index contributed by atoms with van der Waals surface area (Å²) in [6, 6.07) is 5.53. The summed E-state index contributed by atoms with van der Waals surface area (Å²) in [6.07, 6.45) is 0.263. The largest absolute Gasteiger partial charge is 0.497 e. The van der Waals surface area contributed by atoms with E-state index >= 15 is 0 Å². The number of benzene rings is 1. The van der Waals surface area contributed by atoms with Crippen LogP contribution in [0.3, 0.4) is 0 Å². The maximum Gasteiger partial charge on any atom is 0.410 e. The first-order chi connectivity index (χ1) is 14.5. The molecule has 1 saturated heterocycles. The van der Waals surface area contributed by atoms with Gasteiger partial charge in [0.2, 0.25) is 5.91 Å². The Hall–Kier alpha value is -2.77. The molecule has 0 aliphatic carbocycles. The van der Waals surface area contributed by atoms with Crippen LogP contribution in [-0.2, 0) is 23.1 Å². The minimum Gasteiger partial charge on any atom is -0.497 e. The van der Waals surface area contributed by atoms with Crippen LogP contribution >= 0.6 is 0 Å². The molecule has 0 radical (unpaired) electrons. The van der Waals surface area contributed by atoms with Gasteiger partial charge in [0.15, 0.2) is 0 Å². The van der Waals surface area contributed by atoms with Crippen LogP contribution in [0.2, 0.25) is 0 Å². The summed E-state index contributed by atoms with van der Waals surface area (Å²) < 4.78 is 12.8. The molecule has 1 aromatic carbocycles. The number of nitrogens with one attached hydrogen (secondary N) is 1. The van der Waals surface area contributed by atoms with Crippen molar-refractivity contribution >= 4 is 23.0 Å². The minimum atomic E-state index is -0.568. The summed E-state index contributed by atoms with van der Waals surface area (Å²) >= 11 is 0. The molecule has 2 atom stereocenters. The van der Waals surface area contributed by atoms with Crippen molar-refractivity contribution in [1.29, 1.82) is 0 Å². The van der Waals surface area contributed by atoms with E-state index in [1.807, 2.05) is 64.4 Å². The van der Waals surface area contributed by atoms with Gasteiger partial charge in [-0.1, -0.05) is 13.8 Å². The summed E-state index contributed by atoms with van der Waals surface area (Å²) in [5.74, 6) is 1.31. The van der Waals surface area contributed by atoms with Crippen LogP contribution in [0.4, 0.5) is 4.79 Å². The topological polar surface area (TPSA) is 85.7 Å². The van der Waals surface area contributed by atoms with Crippen LogP contribution < -0.4 is 10.1 Å². The molecule has 0 spiro atoms. The fourth-order valence-corrected chi connectivity index (χ4v) is 4.27. The number of carbonyl (C=O) groups is 2. The monoisotopic (exact) mass is 430 g/mol. The molecule has 2 heterocycles. The first kappa shape index (κ1) is 22.9. The van der Waals surface area contributed by atoms with Gasteiger partial charge in [0.25, 0.3) is 0 Å². The molecule has 1 N–H and O–H groups in total. The van der Waals surface area contributed by atoms with Crippen molar-refractivity contribution < 1.29 is 19.1 Å². The molecule has 8 heteroatoms. The zero-order chi connectivity index (χ0) is 22.9. The minimum absolute atomic E-state index is 0.0607. The average Bonchev–Trinajstić information content (AvgIpc) is 3.26. The summed E-state index contributed by atoms with van der Waals surface area (Å²) in [5, 5.41) is 3.03. The number of hydrogen-bond donors (Lipinski definition) is 1. The van der Waals surface area contributed by atoms with E-state index in [1.54, 1.807) is 12.0 Å². The lowest BCUT2D eigenvalue weighted by Gasteiger charge is -2.32. The first-order valence-corrected chi connectivity index (χ1v) is 10.8. The molecule has 170 valence electrons. The fourth-order valence-electron chi connectivity index (χ4n) is 4.27. The smallest absolute Gasteiger partial charge is 0.410 e. The van der Waals surface area contributed by atoms with Crippen molar-refractivity contribution in [3.05, 3.63) is 24.0 Å². The lowest BCUT2D eigenvalue weighted by molar-refractivity contribution is -0.126. The van der Waals surface area contributed by atoms with Gasteiger partial charge in [-0.2, -0.15) is 0 Å². The Balaban J connectivity index is 1.70. The van der Waals surface area contributed by atoms with E-state index in [0.717, 1.165) is 22.6 Å². The predicted octanol–water partition coefficient (Wildman–Crippen LogP) is 3.48. The average molecular weight is 431 g/mol. The van der Waals surface area contributed by atoms with Crippen molar-refractivity contribution in [2.75, 3.05) is 13.7 Å². The number of nitrogens with zero attached hydrogens (tertiary/aromatic N) is 3. The molecule has 0 bridgehead atoms. The molecule has 8 nitrogen and oxygen atoms in total. The highest BCUT2D eigenvalue weighted by atomic mass is 16.6. The molecule has 2 amide bonds. The van der Waals surface area contributed by atoms with E-state index in [-0.39, 0.29) is 29.9 Å². The summed E-state index contributed by atoms with van der Waals surface area (Å²) in [6.45, 7) is 10.5. The standard InChI is InChI=1S/C23H34N4O4/c1-14(2)20-16(10-11-27(20)22(29)31-23(3,4)5)21(28)24-13-19-25-17-12-15(30-7)8-9-18(17)26(19)6/h8-9,12,14,16,20H,10-11,13H2,1-7H3,(H,24,28)/t16-,20-/m1/s1. The molecule has 1 fully saturated rings. The number of ether oxygens (including phenoxy) is 2. The van der Waals surface area contributed by atoms with E-state index < -0.39 is 5.60 Å². The van der Waals surface area contributed by atoms with Crippen LogP contribution in [0, 0.1) is 11.8 Å². The molecule has 31 heavy (non-hydrogen) atoms. The molecule has 2 aromatic rings. The van der Waals surface area contributed by atoms with E-state index in [1.165, 1.54) is 0 Å². The van der Waals surface area contributed by atoms with Crippen LogP contribution in [0.1, 0.15) is 46.9 Å². The Kier molecular flexibility index (Phi) is 6.48. The molecular weight excluding hydrogens is 396 g/mol. The Morgan fingerprint density at radius 1 is 1.29 bits per heavy atom. The number of imidazole rings is 1. The number of aryl methyl sites for hydroxylation is 1. The van der Waals surface area contributed by atoms with Gasteiger partial charge in [-0.05, 0) is 45.2 Å². The number of hydrogen-bond acceptors (Lipinski definition) is 5. The highest BCUT2D eigenvalue weighted by Gasteiger charge is 2.44. The maximum absolute atomic E-state index is 13.1. The first-order valence-electron chi connectivity index (χ1n) is 10.8. The number of likely N-dealkylation sites (tertiary alicyclic amines) is 1. The van der Waals surface area contributed by atoms with Gasteiger partial charge in [-0.15, -0.1) is 0 Å². The molecular formula is C23H34N4O4. The predicted molar refractivity (Wildman–Crippen MR) is 119 cm³/mol. The van der Waals surface area contributed by atoms with Crippen molar-refractivity contribution in [2.24, 2.45) is 18.9 Å². The molecule has 1 aliphatic heterocycles. The molecule has 1 aromatic heterocycles. The van der Waals surface area contributed by atoms with E-state index in [4.69, 9.17) is 9.47 Å². The Morgan fingerprint density at radius 3 is 2.61 bits per heavy atom. The quantitative estimate of drug-likeness (QED) is 0.785. The van der Waals surface area contributed by atoms with Crippen molar-refractivity contribution in [1.82, 2.24) is 19.8 Å².